The lowest BCUT2D eigenvalue weighted by molar-refractivity contribution is -0.150. The lowest BCUT2D eigenvalue weighted by Gasteiger charge is -2.29. The van der Waals surface area contributed by atoms with Crippen LogP contribution in [-0.4, -0.2) is 62.8 Å². The van der Waals surface area contributed by atoms with Gasteiger partial charge in [-0.2, -0.15) is 5.10 Å². The Labute approximate surface area is 203 Å². The van der Waals surface area contributed by atoms with E-state index in [2.05, 4.69) is 50.7 Å². The monoisotopic (exact) mass is 475 g/mol. The van der Waals surface area contributed by atoms with Gasteiger partial charge in [0.1, 0.15) is 11.8 Å². The van der Waals surface area contributed by atoms with Crippen molar-refractivity contribution in [3.63, 3.8) is 0 Å². The van der Waals surface area contributed by atoms with E-state index in [4.69, 9.17) is 19.9 Å². The number of methoxy groups -OCH3 is 1. The van der Waals surface area contributed by atoms with Crippen molar-refractivity contribution in [2.75, 3.05) is 32.7 Å². The topological polar surface area (TPSA) is 115 Å². The van der Waals surface area contributed by atoms with Crippen molar-refractivity contribution in [2.45, 2.75) is 43.8 Å². The fourth-order valence-electron chi connectivity index (χ4n) is 5.18. The molecular formula is C25H29N7O3. The standard InChI is InChI=1S/C25H29N7O3/c1-33-23-12-18(7-10-35-23)17-3-2-4-19(11-17)21-13-22(24-25(26)27-15-28-32(21)24)31-14-20(29-30-31)16-5-8-34-9-6-16/h2-4,11,13-16,18,23H,5-10,12H2,1H3,(H2,26,27,28). The van der Waals surface area contributed by atoms with Crippen molar-refractivity contribution < 1.29 is 14.2 Å². The molecule has 4 aromatic rings. The number of nitrogens with zero attached hydrogens (tertiary/aromatic N) is 6. The highest BCUT2D eigenvalue weighted by atomic mass is 16.7. The molecule has 2 fully saturated rings. The highest BCUT2D eigenvalue weighted by molar-refractivity contribution is 5.83. The van der Waals surface area contributed by atoms with Crippen LogP contribution in [0.4, 0.5) is 5.82 Å². The molecule has 0 spiro atoms. The molecule has 5 heterocycles. The van der Waals surface area contributed by atoms with E-state index in [1.165, 1.54) is 11.9 Å². The summed E-state index contributed by atoms with van der Waals surface area (Å²) in [5.74, 6) is 1.12. The van der Waals surface area contributed by atoms with Crippen LogP contribution in [-0.2, 0) is 14.2 Å². The second-order valence-corrected chi connectivity index (χ2v) is 9.18. The number of fused-ring (bicyclic) bond motifs is 1. The number of nitrogen functional groups attached to an aromatic ring is 1. The first kappa shape index (κ1) is 22.1. The first-order valence-corrected chi connectivity index (χ1v) is 12.1. The number of hydrogen-bond donors (Lipinski definition) is 1. The third-order valence-corrected chi connectivity index (χ3v) is 7.12. The largest absolute Gasteiger partial charge is 0.382 e. The number of anilines is 1. The van der Waals surface area contributed by atoms with Gasteiger partial charge in [0.25, 0.3) is 0 Å². The maximum atomic E-state index is 6.34. The van der Waals surface area contributed by atoms with E-state index in [0.717, 1.165) is 61.5 Å². The second-order valence-electron chi connectivity index (χ2n) is 9.18. The summed E-state index contributed by atoms with van der Waals surface area (Å²) in [6, 6.07) is 10.6. The van der Waals surface area contributed by atoms with Crippen molar-refractivity contribution >= 4 is 11.3 Å². The maximum absolute atomic E-state index is 6.34. The number of hydrogen-bond acceptors (Lipinski definition) is 8. The SMILES string of the molecule is COC1CC(c2cccc(-c3cc(-n4cc(C5CCOCC5)nn4)c4c(N)ncnn34)c2)CCO1. The van der Waals surface area contributed by atoms with Crippen molar-refractivity contribution in [1.29, 1.82) is 0 Å². The van der Waals surface area contributed by atoms with Crippen molar-refractivity contribution in [3.05, 3.63) is 54.1 Å². The summed E-state index contributed by atoms with van der Waals surface area (Å²) in [6.07, 6.45) is 7.02. The maximum Gasteiger partial charge on any atom is 0.157 e. The molecule has 10 heteroatoms. The minimum absolute atomic E-state index is 0.164. The van der Waals surface area contributed by atoms with Crippen LogP contribution in [0.15, 0.2) is 42.9 Å². The zero-order valence-corrected chi connectivity index (χ0v) is 19.7. The van der Waals surface area contributed by atoms with E-state index < -0.39 is 0 Å². The van der Waals surface area contributed by atoms with Gasteiger partial charge in [-0.05, 0) is 42.9 Å². The van der Waals surface area contributed by atoms with Crippen LogP contribution in [0.5, 0.6) is 0 Å². The molecule has 6 rings (SSSR count). The lowest BCUT2D eigenvalue weighted by Crippen LogP contribution is -2.25. The van der Waals surface area contributed by atoms with Crippen LogP contribution in [0.3, 0.4) is 0 Å². The second kappa shape index (κ2) is 9.37. The van der Waals surface area contributed by atoms with E-state index in [-0.39, 0.29) is 6.29 Å². The molecular weight excluding hydrogens is 446 g/mol. The summed E-state index contributed by atoms with van der Waals surface area (Å²) in [6.45, 7) is 2.20. The smallest absolute Gasteiger partial charge is 0.157 e. The minimum atomic E-state index is -0.164. The lowest BCUT2D eigenvalue weighted by atomic mass is 9.89. The average molecular weight is 476 g/mol. The average Bonchev–Trinajstić information content (AvgIpc) is 3.55. The van der Waals surface area contributed by atoms with E-state index in [9.17, 15) is 0 Å². The van der Waals surface area contributed by atoms with Gasteiger partial charge in [-0.1, -0.05) is 23.4 Å². The molecule has 35 heavy (non-hydrogen) atoms. The van der Waals surface area contributed by atoms with Gasteiger partial charge in [-0.25, -0.2) is 14.2 Å². The minimum Gasteiger partial charge on any atom is -0.382 e. The highest BCUT2D eigenvalue weighted by Crippen LogP contribution is 2.35. The number of rotatable bonds is 5. The van der Waals surface area contributed by atoms with Gasteiger partial charge in [-0.15, -0.1) is 5.10 Å². The molecule has 2 unspecified atom stereocenters. The number of ether oxygens (including phenoxy) is 3. The zero-order chi connectivity index (χ0) is 23.8. The Morgan fingerprint density at radius 3 is 2.80 bits per heavy atom. The molecule has 10 nitrogen and oxygen atoms in total. The molecule has 2 saturated heterocycles. The highest BCUT2D eigenvalue weighted by Gasteiger charge is 2.25. The van der Waals surface area contributed by atoms with Gasteiger partial charge in [0.05, 0.1) is 29.9 Å². The van der Waals surface area contributed by atoms with Gasteiger partial charge in [0, 0.05) is 38.2 Å². The van der Waals surface area contributed by atoms with Crippen molar-refractivity contribution in [2.24, 2.45) is 0 Å². The van der Waals surface area contributed by atoms with Crippen LogP contribution in [0.25, 0.3) is 22.5 Å². The summed E-state index contributed by atoms with van der Waals surface area (Å²) in [5.41, 5.74) is 12.0. The molecule has 0 aliphatic carbocycles. The van der Waals surface area contributed by atoms with Crippen LogP contribution in [0.1, 0.15) is 48.8 Å². The number of benzene rings is 1. The van der Waals surface area contributed by atoms with Crippen LogP contribution < -0.4 is 5.73 Å². The fourth-order valence-corrected chi connectivity index (χ4v) is 5.18. The quantitative estimate of drug-likeness (QED) is 0.468. The van der Waals surface area contributed by atoms with E-state index in [1.807, 2.05) is 10.7 Å². The zero-order valence-electron chi connectivity index (χ0n) is 19.7. The van der Waals surface area contributed by atoms with E-state index >= 15 is 0 Å². The normalized spacial score (nSPS) is 21.5. The first-order chi connectivity index (χ1) is 17.2. The summed E-state index contributed by atoms with van der Waals surface area (Å²) < 4.78 is 20.3. The number of nitrogens with two attached hydrogens (primary N) is 1. The Kier molecular flexibility index (Phi) is 5.93. The van der Waals surface area contributed by atoms with E-state index in [1.54, 1.807) is 11.8 Å². The molecule has 2 aliphatic heterocycles. The molecule has 0 bridgehead atoms. The molecule has 3 aromatic heterocycles. The fraction of sp³-hybridized carbons (Fsp3) is 0.440. The van der Waals surface area contributed by atoms with Crippen LogP contribution >= 0.6 is 0 Å². The van der Waals surface area contributed by atoms with Gasteiger partial charge in [0.2, 0.25) is 0 Å². The van der Waals surface area contributed by atoms with Gasteiger partial charge >= 0.3 is 0 Å². The summed E-state index contributed by atoms with van der Waals surface area (Å²) in [4.78, 5) is 4.25. The molecule has 1 aromatic carbocycles. The van der Waals surface area contributed by atoms with Gasteiger partial charge < -0.3 is 19.9 Å². The van der Waals surface area contributed by atoms with Crippen molar-refractivity contribution in [1.82, 2.24) is 29.6 Å². The molecule has 2 aliphatic rings. The predicted molar refractivity (Wildman–Crippen MR) is 129 cm³/mol. The Balaban J connectivity index is 1.40. The Morgan fingerprint density at radius 1 is 1.09 bits per heavy atom. The summed E-state index contributed by atoms with van der Waals surface area (Å²) in [5, 5.41) is 13.4. The molecule has 2 N–H and O–H groups in total. The Bertz CT molecular complexity index is 1330. The van der Waals surface area contributed by atoms with Crippen LogP contribution in [0.2, 0.25) is 0 Å². The Hall–Kier alpha value is -3.34. The van der Waals surface area contributed by atoms with Gasteiger partial charge in [0.15, 0.2) is 12.1 Å². The van der Waals surface area contributed by atoms with Gasteiger partial charge in [-0.3, -0.25) is 0 Å². The summed E-state index contributed by atoms with van der Waals surface area (Å²) in [7, 11) is 1.69. The molecule has 182 valence electrons. The van der Waals surface area contributed by atoms with E-state index in [0.29, 0.717) is 29.8 Å². The predicted octanol–water partition coefficient (Wildman–Crippen LogP) is 3.32. The Morgan fingerprint density at radius 2 is 1.94 bits per heavy atom. The summed E-state index contributed by atoms with van der Waals surface area (Å²) >= 11 is 0. The first-order valence-electron chi connectivity index (χ1n) is 12.1. The third kappa shape index (κ3) is 4.18. The molecule has 0 radical (unpaired) electrons. The number of aromatic nitrogens is 6. The molecule has 0 amide bonds. The molecule has 2 atom stereocenters. The van der Waals surface area contributed by atoms with Crippen LogP contribution in [0, 0.1) is 0 Å². The van der Waals surface area contributed by atoms with Crippen molar-refractivity contribution in [3.8, 4) is 16.9 Å². The molecule has 0 saturated carbocycles. The third-order valence-electron chi connectivity index (χ3n) is 7.12.